The monoisotopic (exact) mass is 414 g/mol. The summed E-state index contributed by atoms with van der Waals surface area (Å²) >= 11 is 1.41. The molecule has 0 aliphatic heterocycles. The van der Waals surface area contributed by atoms with Gasteiger partial charge in [0.1, 0.15) is 0 Å². The molecule has 150 valence electrons. The molecule has 0 bridgehead atoms. The Bertz CT molecular complexity index is 1180. The van der Waals surface area contributed by atoms with Crippen molar-refractivity contribution in [1.29, 1.82) is 0 Å². The molecule has 0 spiro atoms. The number of nitrogens with zero attached hydrogens (tertiary/aromatic N) is 3. The van der Waals surface area contributed by atoms with Crippen molar-refractivity contribution in [3.05, 3.63) is 95.6 Å². The van der Waals surface area contributed by atoms with Crippen LogP contribution >= 0.6 is 11.8 Å². The lowest BCUT2D eigenvalue weighted by Crippen LogP contribution is -2.20. The van der Waals surface area contributed by atoms with Crippen LogP contribution in [-0.2, 0) is 11.3 Å². The zero-order valence-corrected chi connectivity index (χ0v) is 17.5. The highest BCUT2D eigenvalue weighted by Crippen LogP contribution is 2.25. The molecule has 0 atom stereocenters. The van der Waals surface area contributed by atoms with E-state index in [2.05, 4.69) is 33.3 Å². The summed E-state index contributed by atoms with van der Waals surface area (Å²) in [6, 6.07) is 26.2. The predicted octanol–water partition coefficient (Wildman–Crippen LogP) is 4.64. The number of fused-ring (bicyclic) bond motifs is 1. The normalized spacial score (nSPS) is 11.2. The summed E-state index contributed by atoms with van der Waals surface area (Å²) in [5.41, 5.74) is 7.87. The fourth-order valence-electron chi connectivity index (χ4n) is 3.17. The quantitative estimate of drug-likeness (QED) is 0.272. The van der Waals surface area contributed by atoms with E-state index in [9.17, 15) is 4.79 Å². The van der Waals surface area contributed by atoms with Crippen LogP contribution in [0.4, 0.5) is 0 Å². The van der Waals surface area contributed by atoms with Crippen molar-refractivity contribution in [2.45, 2.75) is 18.6 Å². The zero-order valence-electron chi connectivity index (χ0n) is 16.7. The largest absolute Gasteiger partial charge is 0.314 e. The molecule has 0 saturated heterocycles. The minimum atomic E-state index is -0.165. The van der Waals surface area contributed by atoms with Gasteiger partial charge in [-0.2, -0.15) is 5.10 Å². The molecule has 0 aliphatic rings. The number of carbonyl (C=O) groups is 1. The predicted molar refractivity (Wildman–Crippen MR) is 123 cm³/mol. The second kappa shape index (κ2) is 9.41. The molecule has 1 N–H and O–H groups in total. The topological polar surface area (TPSA) is 59.3 Å². The molecule has 1 heterocycles. The summed E-state index contributed by atoms with van der Waals surface area (Å²) in [5.74, 6) is 0.0747. The maximum atomic E-state index is 12.3. The highest BCUT2D eigenvalue weighted by Gasteiger charge is 2.13. The van der Waals surface area contributed by atoms with E-state index in [1.807, 2.05) is 67.6 Å². The summed E-state index contributed by atoms with van der Waals surface area (Å²) in [6.45, 7) is 2.73. The molecule has 0 aliphatic carbocycles. The van der Waals surface area contributed by atoms with E-state index in [1.54, 1.807) is 6.21 Å². The molecule has 1 amide bonds. The molecule has 0 saturated carbocycles. The summed E-state index contributed by atoms with van der Waals surface area (Å²) in [5, 5.41) is 4.88. The van der Waals surface area contributed by atoms with Crippen LogP contribution in [-0.4, -0.2) is 27.4 Å². The lowest BCUT2D eigenvalue weighted by molar-refractivity contribution is -0.118. The summed E-state index contributed by atoms with van der Waals surface area (Å²) in [7, 11) is 0. The maximum absolute atomic E-state index is 12.3. The Hall–Kier alpha value is -3.38. The lowest BCUT2D eigenvalue weighted by Gasteiger charge is -2.09. The molecular weight excluding hydrogens is 392 g/mol. The maximum Gasteiger partial charge on any atom is 0.250 e. The molecule has 4 rings (SSSR count). The number of benzene rings is 3. The van der Waals surface area contributed by atoms with Gasteiger partial charge < -0.3 is 4.57 Å². The molecule has 6 heteroatoms. The summed E-state index contributed by atoms with van der Waals surface area (Å²) in [6.07, 6.45) is 1.65. The van der Waals surface area contributed by atoms with Crippen LogP contribution in [0.15, 0.2) is 89.1 Å². The van der Waals surface area contributed by atoms with Crippen LogP contribution in [0.3, 0.4) is 0 Å². The van der Waals surface area contributed by atoms with Crippen molar-refractivity contribution >= 4 is 34.9 Å². The summed E-state index contributed by atoms with van der Waals surface area (Å²) in [4.78, 5) is 17.0. The first-order chi connectivity index (χ1) is 14.7. The van der Waals surface area contributed by atoms with Gasteiger partial charge in [0.15, 0.2) is 5.16 Å². The van der Waals surface area contributed by atoms with Crippen molar-refractivity contribution in [2.24, 2.45) is 5.10 Å². The number of carbonyl (C=O) groups excluding carboxylic acids is 1. The van der Waals surface area contributed by atoms with Gasteiger partial charge >= 0.3 is 0 Å². The number of imidazole rings is 1. The van der Waals surface area contributed by atoms with Crippen molar-refractivity contribution < 1.29 is 4.79 Å². The van der Waals surface area contributed by atoms with E-state index < -0.39 is 0 Å². The van der Waals surface area contributed by atoms with E-state index in [-0.39, 0.29) is 11.7 Å². The minimum absolute atomic E-state index is 0.165. The molecule has 1 aromatic heterocycles. The minimum Gasteiger partial charge on any atom is -0.314 e. The van der Waals surface area contributed by atoms with Crippen LogP contribution in [0.2, 0.25) is 0 Å². The second-order valence-corrected chi connectivity index (χ2v) is 7.89. The van der Waals surface area contributed by atoms with E-state index in [1.165, 1.54) is 17.3 Å². The number of aromatic nitrogens is 2. The van der Waals surface area contributed by atoms with E-state index >= 15 is 0 Å². The Labute approximate surface area is 179 Å². The van der Waals surface area contributed by atoms with Crippen molar-refractivity contribution in [1.82, 2.24) is 15.0 Å². The van der Waals surface area contributed by atoms with Gasteiger partial charge in [0.2, 0.25) is 0 Å². The van der Waals surface area contributed by atoms with Crippen LogP contribution in [0.1, 0.15) is 16.7 Å². The third-order valence-electron chi connectivity index (χ3n) is 4.58. The van der Waals surface area contributed by atoms with Gasteiger partial charge in [0, 0.05) is 0 Å². The van der Waals surface area contributed by atoms with Gasteiger partial charge in [0.05, 0.1) is 29.5 Å². The molecule has 5 nitrogen and oxygen atoms in total. The Morgan fingerprint density at radius 3 is 2.70 bits per heavy atom. The van der Waals surface area contributed by atoms with E-state index in [4.69, 9.17) is 4.98 Å². The first-order valence-corrected chi connectivity index (χ1v) is 10.7. The highest BCUT2D eigenvalue weighted by atomic mass is 32.2. The number of para-hydroxylation sites is 2. The van der Waals surface area contributed by atoms with Gasteiger partial charge in [0.25, 0.3) is 5.91 Å². The fourth-order valence-corrected chi connectivity index (χ4v) is 3.98. The highest BCUT2D eigenvalue weighted by molar-refractivity contribution is 7.99. The van der Waals surface area contributed by atoms with Gasteiger partial charge in [-0.1, -0.05) is 84.1 Å². The van der Waals surface area contributed by atoms with E-state index in [0.717, 1.165) is 27.3 Å². The van der Waals surface area contributed by atoms with E-state index in [0.29, 0.717) is 6.54 Å². The number of hydrazone groups is 1. The average molecular weight is 415 g/mol. The first kappa shape index (κ1) is 19.9. The Morgan fingerprint density at radius 2 is 1.87 bits per heavy atom. The molecule has 30 heavy (non-hydrogen) atoms. The Balaban J connectivity index is 1.44. The molecule has 0 fully saturated rings. The van der Waals surface area contributed by atoms with Gasteiger partial charge in [-0.25, -0.2) is 10.4 Å². The van der Waals surface area contributed by atoms with Gasteiger partial charge in [-0.05, 0) is 30.2 Å². The second-order valence-electron chi connectivity index (χ2n) is 6.95. The molecule has 0 unspecified atom stereocenters. The first-order valence-electron chi connectivity index (χ1n) is 9.69. The van der Waals surface area contributed by atoms with Gasteiger partial charge in [-0.15, -0.1) is 0 Å². The number of nitrogens with one attached hydrogen (secondary N) is 1. The average Bonchev–Trinajstić information content (AvgIpc) is 3.10. The molecule has 4 aromatic rings. The number of hydrogen-bond acceptors (Lipinski definition) is 4. The number of thioether (sulfide) groups is 1. The molecule has 3 aromatic carbocycles. The van der Waals surface area contributed by atoms with Gasteiger partial charge in [-0.3, -0.25) is 4.79 Å². The number of aryl methyl sites for hydroxylation is 1. The van der Waals surface area contributed by atoms with Crippen LogP contribution in [0, 0.1) is 6.92 Å². The number of amides is 1. The smallest absolute Gasteiger partial charge is 0.250 e. The van der Waals surface area contributed by atoms with Crippen LogP contribution in [0.25, 0.3) is 11.0 Å². The van der Waals surface area contributed by atoms with Crippen LogP contribution in [0.5, 0.6) is 0 Å². The lowest BCUT2D eigenvalue weighted by atomic mass is 10.2. The third kappa shape index (κ3) is 4.96. The van der Waals surface area contributed by atoms with Crippen molar-refractivity contribution in [3.63, 3.8) is 0 Å². The van der Waals surface area contributed by atoms with Crippen molar-refractivity contribution in [2.75, 3.05) is 5.75 Å². The Morgan fingerprint density at radius 1 is 1.07 bits per heavy atom. The number of hydrogen-bond donors (Lipinski definition) is 1. The summed E-state index contributed by atoms with van der Waals surface area (Å²) < 4.78 is 2.15. The van der Waals surface area contributed by atoms with Crippen molar-refractivity contribution in [3.8, 4) is 0 Å². The Kier molecular flexibility index (Phi) is 6.25. The van der Waals surface area contributed by atoms with Crippen LogP contribution < -0.4 is 5.43 Å². The SMILES string of the molecule is Cc1cccc(/C=N\NC(=O)CSc2nc3ccccc3n2Cc2ccccc2)c1. The zero-order chi connectivity index (χ0) is 20.8. The number of rotatable bonds is 7. The fraction of sp³-hybridized carbons (Fsp3) is 0.125. The molecular formula is C24H22N4OS. The third-order valence-corrected chi connectivity index (χ3v) is 5.56. The standard InChI is InChI=1S/C24H22N4OS/c1-18-8-7-11-20(14-18)15-25-27-23(29)17-30-24-26-21-12-5-6-13-22(21)28(24)16-19-9-3-2-4-10-19/h2-15H,16-17H2,1H3,(H,27,29)/b25-15-. The molecule has 0 radical (unpaired) electrons.